The number of aromatic nitrogens is 2. The van der Waals surface area contributed by atoms with Crippen LogP contribution in [0, 0.1) is 0 Å². The molecule has 1 aliphatic carbocycles. The molecule has 0 amide bonds. The van der Waals surface area contributed by atoms with Gasteiger partial charge in [-0.1, -0.05) is 19.3 Å². The van der Waals surface area contributed by atoms with E-state index in [0.717, 1.165) is 24.2 Å². The summed E-state index contributed by atoms with van der Waals surface area (Å²) in [4.78, 5) is 0. The molecule has 1 aromatic rings. The molecule has 1 aliphatic rings. The number of hydrogen-bond donors (Lipinski definition) is 3. The van der Waals surface area contributed by atoms with Gasteiger partial charge in [-0.25, -0.2) is 4.68 Å². The minimum atomic E-state index is 0.433. The van der Waals surface area contributed by atoms with Crippen molar-refractivity contribution in [1.82, 2.24) is 9.78 Å². The molecule has 2 rings (SSSR count). The van der Waals surface area contributed by atoms with Gasteiger partial charge in [0.2, 0.25) is 0 Å². The Morgan fingerprint density at radius 3 is 2.50 bits per heavy atom. The Hall–Kier alpha value is -1.23. The Bertz CT molecular complexity index is 352. The van der Waals surface area contributed by atoms with E-state index in [0.29, 0.717) is 24.8 Å². The van der Waals surface area contributed by atoms with Gasteiger partial charge < -0.3 is 17.2 Å². The summed E-state index contributed by atoms with van der Waals surface area (Å²) < 4.78 is 1.92. The summed E-state index contributed by atoms with van der Waals surface area (Å²) in [6.07, 6.45) is 6.88. The highest BCUT2D eigenvalue weighted by Gasteiger charge is 2.21. The first-order valence-corrected chi connectivity index (χ1v) is 6.06. The maximum absolute atomic E-state index is 6.09. The second kappa shape index (κ2) is 4.74. The predicted molar refractivity (Wildman–Crippen MR) is 65.9 cm³/mol. The molecule has 1 heterocycles. The van der Waals surface area contributed by atoms with E-state index < -0.39 is 0 Å². The van der Waals surface area contributed by atoms with Crippen LogP contribution in [-0.4, -0.2) is 16.3 Å². The number of nitrogen functional groups attached to an aromatic ring is 2. The Kier molecular flexibility index (Phi) is 3.33. The highest BCUT2D eigenvalue weighted by molar-refractivity contribution is 5.54. The number of hydrogen-bond acceptors (Lipinski definition) is 4. The first-order chi connectivity index (χ1) is 7.74. The average Bonchev–Trinajstić information content (AvgIpc) is 2.59. The lowest BCUT2D eigenvalue weighted by molar-refractivity contribution is 0.334. The lowest BCUT2D eigenvalue weighted by atomic mass is 9.95. The van der Waals surface area contributed by atoms with Crippen molar-refractivity contribution in [3.05, 3.63) is 5.56 Å². The molecule has 0 aromatic carbocycles. The van der Waals surface area contributed by atoms with E-state index in [1.165, 1.54) is 19.3 Å². The van der Waals surface area contributed by atoms with Crippen LogP contribution >= 0.6 is 0 Å². The molecule has 0 atom stereocenters. The molecule has 1 saturated carbocycles. The van der Waals surface area contributed by atoms with Crippen molar-refractivity contribution in [1.29, 1.82) is 0 Å². The van der Waals surface area contributed by atoms with E-state index in [1.807, 2.05) is 4.68 Å². The second-order valence-electron chi connectivity index (χ2n) is 4.52. The van der Waals surface area contributed by atoms with Crippen LogP contribution in [0.25, 0.3) is 0 Å². The largest absolute Gasteiger partial charge is 0.384 e. The molecule has 1 fully saturated rings. The summed E-state index contributed by atoms with van der Waals surface area (Å²) in [6, 6.07) is 0.433. The van der Waals surface area contributed by atoms with E-state index >= 15 is 0 Å². The fraction of sp³-hybridized carbons (Fsp3) is 0.727. The maximum Gasteiger partial charge on any atom is 0.150 e. The molecule has 0 spiro atoms. The summed E-state index contributed by atoms with van der Waals surface area (Å²) in [7, 11) is 0. The van der Waals surface area contributed by atoms with Gasteiger partial charge in [0.25, 0.3) is 0 Å². The van der Waals surface area contributed by atoms with E-state index in [2.05, 4.69) is 5.10 Å². The molecule has 0 bridgehead atoms. The zero-order valence-corrected chi connectivity index (χ0v) is 9.65. The fourth-order valence-electron chi connectivity index (χ4n) is 2.50. The predicted octanol–water partition coefficient (Wildman–Crippen LogP) is 1.05. The Morgan fingerprint density at radius 1 is 1.19 bits per heavy atom. The van der Waals surface area contributed by atoms with E-state index in [4.69, 9.17) is 17.2 Å². The van der Waals surface area contributed by atoms with Gasteiger partial charge in [0.15, 0.2) is 5.82 Å². The van der Waals surface area contributed by atoms with Crippen molar-refractivity contribution < 1.29 is 0 Å². The molecule has 6 N–H and O–H groups in total. The summed E-state index contributed by atoms with van der Waals surface area (Å²) in [6.45, 7) is 0.560. The van der Waals surface area contributed by atoms with Crippen LogP contribution in [0.1, 0.15) is 43.7 Å². The number of rotatable bonds is 3. The number of nitrogens with two attached hydrogens (primary N) is 3. The van der Waals surface area contributed by atoms with Crippen molar-refractivity contribution in [2.45, 2.75) is 44.6 Å². The van der Waals surface area contributed by atoms with Gasteiger partial charge in [0.1, 0.15) is 5.82 Å². The van der Waals surface area contributed by atoms with Gasteiger partial charge in [0.05, 0.1) is 6.04 Å². The van der Waals surface area contributed by atoms with Gasteiger partial charge in [-0.15, -0.1) is 0 Å². The lowest BCUT2D eigenvalue weighted by Gasteiger charge is -2.22. The van der Waals surface area contributed by atoms with Gasteiger partial charge in [0, 0.05) is 5.56 Å². The lowest BCUT2D eigenvalue weighted by Crippen LogP contribution is -2.16. The molecular formula is C11H21N5. The summed E-state index contributed by atoms with van der Waals surface area (Å²) >= 11 is 0. The third-order valence-corrected chi connectivity index (χ3v) is 3.40. The van der Waals surface area contributed by atoms with Crippen LogP contribution in [0.2, 0.25) is 0 Å². The van der Waals surface area contributed by atoms with Gasteiger partial charge in [-0.05, 0) is 25.8 Å². The molecule has 5 heteroatoms. The average molecular weight is 223 g/mol. The first kappa shape index (κ1) is 11.3. The molecule has 0 unspecified atom stereocenters. The Morgan fingerprint density at radius 2 is 1.88 bits per heavy atom. The molecule has 16 heavy (non-hydrogen) atoms. The molecule has 5 nitrogen and oxygen atoms in total. The van der Waals surface area contributed by atoms with E-state index in [-0.39, 0.29) is 0 Å². The van der Waals surface area contributed by atoms with Crippen LogP contribution < -0.4 is 17.2 Å². The SMILES string of the molecule is NCCc1c(N)nn(C2CCCCC2)c1N. The minimum Gasteiger partial charge on any atom is -0.384 e. The Balaban J connectivity index is 2.23. The van der Waals surface area contributed by atoms with Gasteiger partial charge >= 0.3 is 0 Å². The Labute approximate surface area is 96.0 Å². The smallest absolute Gasteiger partial charge is 0.150 e. The molecular weight excluding hydrogens is 202 g/mol. The molecule has 0 saturated heterocycles. The van der Waals surface area contributed by atoms with Crippen molar-refractivity contribution in [2.24, 2.45) is 5.73 Å². The zero-order chi connectivity index (χ0) is 11.5. The van der Waals surface area contributed by atoms with Crippen LogP contribution in [0.15, 0.2) is 0 Å². The number of nitrogens with zero attached hydrogens (tertiary/aromatic N) is 2. The van der Waals surface area contributed by atoms with Crippen molar-refractivity contribution in [2.75, 3.05) is 18.0 Å². The summed E-state index contributed by atoms with van der Waals surface area (Å²) in [5.74, 6) is 1.27. The standard InChI is InChI=1S/C11H21N5/c12-7-6-9-10(13)15-16(11(9)14)8-4-2-1-3-5-8/h8H,1-7,12,14H2,(H2,13,15). The first-order valence-electron chi connectivity index (χ1n) is 6.06. The summed E-state index contributed by atoms with van der Waals surface area (Å²) in [5.41, 5.74) is 18.4. The van der Waals surface area contributed by atoms with Crippen LogP contribution in [0.4, 0.5) is 11.6 Å². The fourth-order valence-corrected chi connectivity index (χ4v) is 2.50. The quantitative estimate of drug-likeness (QED) is 0.713. The molecule has 0 radical (unpaired) electrons. The molecule has 1 aromatic heterocycles. The number of anilines is 2. The van der Waals surface area contributed by atoms with Gasteiger partial charge in [-0.3, -0.25) is 0 Å². The second-order valence-corrected chi connectivity index (χ2v) is 4.52. The van der Waals surface area contributed by atoms with E-state index in [9.17, 15) is 0 Å². The monoisotopic (exact) mass is 223 g/mol. The van der Waals surface area contributed by atoms with Crippen LogP contribution in [0.3, 0.4) is 0 Å². The summed E-state index contributed by atoms with van der Waals surface area (Å²) in [5, 5.41) is 4.37. The topological polar surface area (TPSA) is 95.9 Å². The van der Waals surface area contributed by atoms with Gasteiger partial charge in [-0.2, -0.15) is 5.10 Å². The molecule has 0 aliphatic heterocycles. The van der Waals surface area contributed by atoms with Crippen LogP contribution in [0.5, 0.6) is 0 Å². The minimum absolute atomic E-state index is 0.433. The van der Waals surface area contributed by atoms with Crippen molar-refractivity contribution >= 4 is 11.6 Å². The third kappa shape index (κ3) is 2.00. The van der Waals surface area contributed by atoms with Crippen molar-refractivity contribution in [3.63, 3.8) is 0 Å². The highest BCUT2D eigenvalue weighted by atomic mass is 15.3. The third-order valence-electron chi connectivity index (χ3n) is 3.40. The maximum atomic E-state index is 6.09. The molecule has 90 valence electrons. The normalized spacial score (nSPS) is 17.8. The highest BCUT2D eigenvalue weighted by Crippen LogP contribution is 2.32. The van der Waals surface area contributed by atoms with Crippen molar-refractivity contribution in [3.8, 4) is 0 Å². The zero-order valence-electron chi connectivity index (χ0n) is 9.65. The van der Waals surface area contributed by atoms with Crippen LogP contribution in [-0.2, 0) is 6.42 Å². The van der Waals surface area contributed by atoms with E-state index in [1.54, 1.807) is 0 Å².